The van der Waals surface area contributed by atoms with Gasteiger partial charge in [-0.1, -0.05) is 24.3 Å². The quantitative estimate of drug-likeness (QED) is 0.805. The molecule has 0 fully saturated rings. The molecule has 0 bridgehead atoms. The molecule has 0 radical (unpaired) electrons. The zero-order chi connectivity index (χ0) is 11.8. The van der Waals surface area contributed by atoms with Crippen molar-refractivity contribution in [3.8, 4) is 6.07 Å². The van der Waals surface area contributed by atoms with Gasteiger partial charge in [-0.3, -0.25) is 0 Å². The number of fused-ring (bicyclic) bond motifs is 1. The molecule has 16 heavy (non-hydrogen) atoms. The zero-order valence-corrected chi connectivity index (χ0v) is 9.03. The standard InChI is InChI=1S/C11H8N2O2S/c12-7-9-5-1-3-8-4-2-6-10(11(8)9)16(13,14)15/h1-6H,(H2,13,14,15). The molecule has 0 atom stereocenters. The Bertz CT molecular complexity index is 694. The van der Waals surface area contributed by atoms with Crippen molar-refractivity contribution >= 4 is 20.8 Å². The van der Waals surface area contributed by atoms with Gasteiger partial charge in [0, 0.05) is 5.39 Å². The van der Waals surface area contributed by atoms with Crippen molar-refractivity contribution in [1.29, 1.82) is 5.26 Å². The number of hydrogen-bond acceptors (Lipinski definition) is 3. The molecule has 0 aromatic heterocycles. The van der Waals surface area contributed by atoms with Crippen LogP contribution in [0, 0.1) is 11.3 Å². The SMILES string of the molecule is N#Cc1cccc2cccc(S(N)(=O)=O)c12. The van der Waals surface area contributed by atoms with E-state index in [4.69, 9.17) is 10.4 Å². The van der Waals surface area contributed by atoms with E-state index in [1.165, 1.54) is 6.07 Å². The summed E-state index contributed by atoms with van der Waals surface area (Å²) in [6, 6.07) is 11.7. The summed E-state index contributed by atoms with van der Waals surface area (Å²) >= 11 is 0. The maximum absolute atomic E-state index is 11.4. The van der Waals surface area contributed by atoms with E-state index in [2.05, 4.69) is 0 Å². The van der Waals surface area contributed by atoms with E-state index in [0.29, 0.717) is 16.3 Å². The van der Waals surface area contributed by atoms with Crippen molar-refractivity contribution in [1.82, 2.24) is 0 Å². The molecule has 0 aliphatic carbocycles. The van der Waals surface area contributed by atoms with Gasteiger partial charge in [0.05, 0.1) is 16.5 Å². The maximum atomic E-state index is 11.4. The summed E-state index contributed by atoms with van der Waals surface area (Å²) in [5.74, 6) is 0. The lowest BCUT2D eigenvalue weighted by atomic mass is 10.1. The normalized spacial score (nSPS) is 11.2. The van der Waals surface area contributed by atoms with Crippen LogP contribution in [0.5, 0.6) is 0 Å². The summed E-state index contributed by atoms with van der Waals surface area (Å²) in [5, 5.41) is 15.1. The van der Waals surface area contributed by atoms with Gasteiger partial charge in [0.1, 0.15) is 0 Å². The molecule has 0 heterocycles. The number of hydrogen-bond donors (Lipinski definition) is 1. The highest BCUT2D eigenvalue weighted by atomic mass is 32.2. The van der Waals surface area contributed by atoms with Gasteiger partial charge in [-0.15, -0.1) is 0 Å². The average molecular weight is 232 g/mol. The molecule has 5 heteroatoms. The van der Waals surface area contributed by atoms with E-state index in [-0.39, 0.29) is 4.90 Å². The molecule has 4 nitrogen and oxygen atoms in total. The van der Waals surface area contributed by atoms with Gasteiger partial charge in [-0.2, -0.15) is 5.26 Å². The lowest BCUT2D eigenvalue weighted by Crippen LogP contribution is -2.12. The molecule has 2 aromatic rings. The topological polar surface area (TPSA) is 83.9 Å². The largest absolute Gasteiger partial charge is 0.238 e. The molecule has 0 spiro atoms. The highest BCUT2D eigenvalue weighted by molar-refractivity contribution is 7.89. The minimum absolute atomic E-state index is 0.0119. The number of nitriles is 1. The Labute approximate surface area is 93.0 Å². The summed E-state index contributed by atoms with van der Waals surface area (Å²) in [5.41, 5.74) is 0.308. The molecule has 2 rings (SSSR count). The molecule has 0 aliphatic heterocycles. The van der Waals surface area contributed by atoms with E-state index < -0.39 is 10.0 Å². The summed E-state index contributed by atoms with van der Waals surface area (Å²) < 4.78 is 22.8. The van der Waals surface area contributed by atoms with Gasteiger partial charge in [0.15, 0.2) is 0 Å². The summed E-state index contributed by atoms with van der Waals surface area (Å²) in [4.78, 5) is -0.0119. The van der Waals surface area contributed by atoms with Crippen LogP contribution in [-0.2, 0) is 10.0 Å². The Hall–Kier alpha value is -1.90. The fourth-order valence-electron chi connectivity index (χ4n) is 1.64. The van der Waals surface area contributed by atoms with Crippen molar-refractivity contribution in [3.63, 3.8) is 0 Å². The highest BCUT2D eigenvalue weighted by Crippen LogP contribution is 2.25. The van der Waals surface area contributed by atoms with Crippen LogP contribution in [0.1, 0.15) is 5.56 Å². The first kappa shape index (κ1) is 10.6. The number of primary sulfonamides is 1. The minimum atomic E-state index is -3.81. The summed E-state index contributed by atoms with van der Waals surface area (Å²) in [6.45, 7) is 0. The van der Waals surface area contributed by atoms with Crippen molar-refractivity contribution in [2.75, 3.05) is 0 Å². The number of rotatable bonds is 1. The molecule has 2 N–H and O–H groups in total. The molecular formula is C11H8N2O2S. The third kappa shape index (κ3) is 1.65. The van der Waals surface area contributed by atoms with Gasteiger partial charge in [0.25, 0.3) is 0 Å². The third-order valence-corrected chi connectivity index (χ3v) is 3.25. The van der Waals surface area contributed by atoms with Crippen LogP contribution >= 0.6 is 0 Å². The Morgan fingerprint density at radius 1 is 1.12 bits per heavy atom. The predicted molar refractivity (Wildman–Crippen MR) is 60.0 cm³/mol. The molecule has 0 saturated heterocycles. The predicted octanol–water partition coefficient (Wildman–Crippen LogP) is 1.36. The summed E-state index contributed by atoms with van der Waals surface area (Å²) in [7, 11) is -3.81. The Morgan fingerprint density at radius 3 is 2.31 bits per heavy atom. The smallest absolute Gasteiger partial charge is 0.225 e. The van der Waals surface area contributed by atoms with Gasteiger partial charge in [0.2, 0.25) is 10.0 Å². The van der Waals surface area contributed by atoms with Crippen LogP contribution in [-0.4, -0.2) is 8.42 Å². The highest BCUT2D eigenvalue weighted by Gasteiger charge is 2.14. The van der Waals surface area contributed by atoms with Crippen LogP contribution in [0.4, 0.5) is 0 Å². The average Bonchev–Trinajstić information content (AvgIpc) is 2.26. The lowest BCUT2D eigenvalue weighted by molar-refractivity contribution is 0.598. The summed E-state index contributed by atoms with van der Waals surface area (Å²) in [6.07, 6.45) is 0. The number of benzene rings is 2. The third-order valence-electron chi connectivity index (χ3n) is 2.29. The van der Waals surface area contributed by atoms with E-state index in [9.17, 15) is 8.42 Å². The molecule has 0 aliphatic rings. The van der Waals surface area contributed by atoms with Crippen molar-refractivity contribution in [2.45, 2.75) is 4.90 Å². The fourth-order valence-corrected chi connectivity index (χ4v) is 2.42. The number of sulfonamides is 1. The Balaban J connectivity index is 3.03. The molecular weight excluding hydrogens is 224 g/mol. The molecule has 0 saturated carbocycles. The van der Waals surface area contributed by atoms with Gasteiger partial charge in [-0.25, -0.2) is 13.6 Å². The minimum Gasteiger partial charge on any atom is -0.225 e. The van der Waals surface area contributed by atoms with Crippen molar-refractivity contribution in [2.24, 2.45) is 5.14 Å². The first-order chi connectivity index (χ1) is 7.54. The van der Waals surface area contributed by atoms with Crippen LogP contribution in [0.15, 0.2) is 41.3 Å². The molecule has 0 amide bonds. The van der Waals surface area contributed by atoms with Gasteiger partial charge in [-0.05, 0) is 17.5 Å². The van der Waals surface area contributed by atoms with Crippen LogP contribution < -0.4 is 5.14 Å². The first-order valence-electron chi connectivity index (χ1n) is 4.48. The molecule has 80 valence electrons. The van der Waals surface area contributed by atoms with Crippen molar-refractivity contribution < 1.29 is 8.42 Å². The van der Waals surface area contributed by atoms with Crippen LogP contribution in [0.3, 0.4) is 0 Å². The number of nitrogens with zero attached hydrogens (tertiary/aromatic N) is 1. The van der Waals surface area contributed by atoms with E-state index in [1.807, 2.05) is 6.07 Å². The maximum Gasteiger partial charge on any atom is 0.238 e. The van der Waals surface area contributed by atoms with Crippen LogP contribution in [0.2, 0.25) is 0 Å². The zero-order valence-electron chi connectivity index (χ0n) is 8.21. The monoisotopic (exact) mass is 232 g/mol. The van der Waals surface area contributed by atoms with Gasteiger partial charge < -0.3 is 0 Å². The number of nitrogens with two attached hydrogens (primary N) is 1. The van der Waals surface area contributed by atoms with E-state index in [1.54, 1.807) is 30.3 Å². The fraction of sp³-hybridized carbons (Fsp3) is 0. The molecule has 2 aromatic carbocycles. The van der Waals surface area contributed by atoms with E-state index in [0.717, 1.165) is 0 Å². The second-order valence-electron chi connectivity index (χ2n) is 3.32. The molecule has 0 unspecified atom stereocenters. The first-order valence-corrected chi connectivity index (χ1v) is 6.03. The lowest BCUT2D eigenvalue weighted by Gasteiger charge is -2.05. The second-order valence-corrected chi connectivity index (χ2v) is 4.85. The Kier molecular flexibility index (Phi) is 2.38. The van der Waals surface area contributed by atoms with Crippen molar-refractivity contribution in [3.05, 3.63) is 42.0 Å². The van der Waals surface area contributed by atoms with Gasteiger partial charge >= 0.3 is 0 Å². The Morgan fingerprint density at radius 2 is 1.75 bits per heavy atom. The van der Waals surface area contributed by atoms with E-state index >= 15 is 0 Å². The van der Waals surface area contributed by atoms with Crippen LogP contribution in [0.25, 0.3) is 10.8 Å². The second kappa shape index (κ2) is 3.59.